The minimum Gasteiger partial charge on any atom is -0.383 e. The quantitative estimate of drug-likeness (QED) is 0.850. The zero-order valence-corrected chi connectivity index (χ0v) is 14.4. The Morgan fingerprint density at radius 2 is 1.88 bits per heavy atom. The van der Waals surface area contributed by atoms with Crippen molar-refractivity contribution in [2.24, 2.45) is 5.41 Å². The molecule has 1 aromatic carbocycles. The third kappa shape index (κ3) is 3.31. The standard InChI is InChI=1S/C19H26N2O3/c1-24-15-14-21-13-10-19(18(21)23)8-5-11-20(12-9-19)17(22)16-6-3-2-4-7-16/h2-4,6-7H,5,8-15H2,1H3. The fourth-order valence-corrected chi connectivity index (χ4v) is 3.93. The Morgan fingerprint density at radius 3 is 2.62 bits per heavy atom. The molecule has 0 bridgehead atoms. The Hall–Kier alpha value is -1.88. The molecule has 130 valence electrons. The van der Waals surface area contributed by atoms with Crippen molar-refractivity contribution >= 4 is 11.8 Å². The van der Waals surface area contributed by atoms with Gasteiger partial charge in [-0.1, -0.05) is 18.2 Å². The van der Waals surface area contributed by atoms with Gasteiger partial charge in [0.05, 0.1) is 12.0 Å². The number of hydrogen-bond donors (Lipinski definition) is 0. The Morgan fingerprint density at radius 1 is 1.12 bits per heavy atom. The van der Waals surface area contributed by atoms with E-state index >= 15 is 0 Å². The van der Waals surface area contributed by atoms with E-state index in [1.54, 1.807) is 7.11 Å². The van der Waals surface area contributed by atoms with Crippen LogP contribution < -0.4 is 0 Å². The maximum Gasteiger partial charge on any atom is 0.253 e. The maximum absolute atomic E-state index is 12.9. The van der Waals surface area contributed by atoms with E-state index in [0.717, 1.165) is 44.3 Å². The van der Waals surface area contributed by atoms with Gasteiger partial charge in [-0.25, -0.2) is 0 Å². The summed E-state index contributed by atoms with van der Waals surface area (Å²) in [5, 5.41) is 0. The molecule has 2 fully saturated rings. The first-order chi connectivity index (χ1) is 11.7. The van der Waals surface area contributed by atoms with Gasteiger partial charge in [0.1, 0.15) is 0 Å². The van der Waals surface area contributed by atoms with Gasteiger partial charge >= 0.3 is 0 Å². The molecule has 1 atom stereocenters. The molecule has 0 saturated carbocycles. The van der Waals surface area contributed by atoms with E-state index in [4.69, 9.17) is 4.74 Å². The minimum absolute atomic E-state index is 0.0781. The second kappa shape index (κ2) is 7.34. The van der Waals surface area contributed by atoms with Gasteiger partial charge in [-0.05, 0) is 37.8 Å². The van der Waals surface area contributed by atoms with Crippen LogP contribution in [-0.4, -0.2) is 61.5 Å². The zero-order valence-electron chi connectivity index (χ0n) is 14.4. The number of methoxy groups -OCH3 is 1. The number of carbonyl (C=O) groups is 2. The summed E-state index contributed by atoms with van der Waals surface area (Å²) in [6, 6.07) is 9.41. The third-order valence-corrected chi connectivity index (χ3v) is 5.42. The van der Waals surface area contributed by atoms with Crippen molar-refractivity contribution < 1.29 is 14.3 Å². The maximum atomic E-state index is 12.9. The fourth-order valence-electron chi connectivity index (χ4n) is 3.93. The molecule has 5 nitrogen and oxygen atoms in total. The lowest BCUT2D eigenvalue weighted by molar-refractivity contribution is -0.137. The molecule has 2 aliphatic heterocycles. The molecule has 3 rings (SSSR count). The summed E-state index contributed by atoms with van der Waals surface area (Å²) in [7, 11) is 1.66. The second-order valence-corrected chi connectivity index (χ2v) is 6.83. The predicted molar refractivity (Wildman–Crippen MR) is 91.7 cm³/mol. The molecule has 24 heavy (non-hydrogen) atoms. The monoisotopic (exact) mass is 330 g/mol. The van der Waals surface area contributed by atoms with Gasteiger partial charge in [0.2, 0.25) is 5.91 Å². The van der Waals surface area contributed by atoms with Crippen LogP contribution in [0.2, 0.25) is 0 Å². The van der Waals surface area contributed by atoms with E-state index in [9.17, 15) is 9.59 Å². The number of rotatable bonds is 4. The molecule has 1 aromatic rings. The van der Waals surface area contributed by atoms with Crippen molar-refractivity contribution in [1.82, 2.24) is 9.80 Å². The van der Waals surface area contributed by atoms with Gasteiger partial charge in [-0.3, -0.25) is 9.59 Å². The Balaban J connectivity index is 1.65. The van der Waals surface area contributed by atoms with Crippen molar-refractivity contribution in [1.29, 1.82) is 0 Å². The molecule has 1 unspecified atom stereocenters. The summed E-state index contributed by atoms with van der Waals surface area (Å²) in [6.07, 6.45) is 3.45. The molecule has 0 aliphatic carbocycles. The highest BCUT2D eigenvalue weighted by atomic mass is 16.5. The zero-order chi connectivity index (χ0) is 17.0. The van der Waals surface area contributed by atoms with E-state index in [0.29, 0.717) is 19.7 Å². The Kier molecular flexibility index (Phi) is 5.19. The average Bonchev–Trinajstić information content (AvgIpc) is 2.79. The smallest absolute Gasteiger partial charge is 0.253 e. The van der Waals surface area contributed by atoms with E-state index in [2.05, 4.69) is 0 Å². The van der Waals surface area contributed by atoms with Gasteiger partial charge in [0.15, 0.2) is 0 Å². The highest BCUT2D eigenvalue weighted by Crippen LogP contribution is 2.41. The first-order valence-corrected chi connectivity index (χ1v) is 8.79. The van der Waals surface area contributed by atoms with Crippen LogP contribution in [-0.2, 0) is 9.53 Å². The third-order valence-electron chi connectivity index (χ3n) is 5.42. The van der Waals surface area contributed by atoms with Crippen LogP contribution in [0.1, 0.15) is 36.0 Å². The molecule has 2 amide bonds. The lowest BCUT2D eigenvalue weighted by Crippen LogP contribution is -2.37. The number of nitrogens with zero attached hydrogens (tertiary/aromatic N) is 2. The molecule has 0 radical (unpaired) electrons. The van der Waals surface area contributed by atoms with Gasteiger partial charge in [-0.2, -0.15) is 0 Å². The van der Waals surface area contributed by atoms with E-state index in [-0.39, 0.29) is 17.2 Å². The first-order valence-electron chi connectivity index (χ1n) is 8.79. The van der Waals surface area contributed by atoms with Crippen LogP contribution in [0.15, 0.2) is 30.3 Å². The van der Waals surface area contributed by atoms with Crippen LogP contribution in [0.25, 0.3) is 0 Å². The number of ether oxygens (including phenoxy) is 1. The molecular formula is C19H26N2O3. The average molecular weight is 330 g/mol. The first kappa shape index (κ1) is 17.0. The molecule has 0 N–H and O–H groups in total. The van der Waals surface area contributed by atoms with Crippen LogP contribution in [0, 0.1) is 5.41 Å². The molecular weight excluding hydrogens is 304 g/mol. The number of amides is 2. The van der Waals surface area contributed by atoms with Crippen molar-refractivity contribution in [3.05, 3.63) is 35.9 Å². The largest absolute Gasteiger partial charge is 0.383 e. The lowest BCUT2D eigenvalue weighted by atomic mass is 9.79. The minimum atomic E-state index is -0.264. The SMILES string of the molecule is COCCN1CCC2(CCCN(C(=O)c3ccccc3)CC2)C1=O. The number of carbonyl (C=O) groups excluding carboxylic acids is 2. The number of benzene rings is 1. The van der Waals surface area contributed by atoms with Crippen LogP contribution in [0.3, 0.4) is 0 Å². The fraction of sp³-hybridized carbons (Fsp3) is 0.579. The highest BCUT2D eigenvalue weighted by Gasteiger charge is 2.46. The Labute approximate surface area is 143 Å². The van der Waals surface area contributed by atoms with E-state index in [1.165, 1.54) is 0 Å². The molecule has 2 heterocycles. The summed E-state index contributed by atoms with van der Waals surface area (Å²) in [5.41, 5.74) is 0.465. The van der Waals surface area contributed by atoms with Gasteiger partial charge < -0.3 is 14.5 Å². The molecule has 2 saturated heterocycles. The number of likely N-dealkylation sites (tertiary alicyclic amines) is 2. The summed E-state index contributed by atoms with van der Waals surface area (Å²) < 4.78 is 5.10. The summed E-state index contributed by atoms with van der Waals surface area (Å²) >= 11 is 0. The summed E-state index contributed by atoms with van der Waals surface area (Å²) in [4.78, 5) is 29.4. The van der Waals surface area contributed by atoms with Crippen LogP contribution in [0.4, 0.5) is 0 Å². The topological polar surface area (TPSA) is 49.9 Å². The molecule has 2 aliphatic rings. The second-order valence-electron chi connectivity index (χ2n) is 6.83. The highest BCUT2D eigenvalue weighted by molar-refractivity contribution is 5.94. The van der Waals surface area contributed by atoms with Crippen molar-refractivity contribution in [2.45, 2.75) is 25.7 Å². The van der Waals surface area contributed by atoms with Gasteiger partial charge in [0, 0.05) is 38.9 Å². The van der Waals surface area contributed by atoms with Crippen LogP contribution >= 0.6 is 0 Å². The molecule has 1 spiro atoms. The molecule has 5 heteroatoms. The van der Waals surface area contributed by atoms with E-state index in [1.807, 2.05) is 40.1 Å². The predicted octanol–water partition coefficient (Wildman–Crippen LogP) is 2.18. The number of hydrogen-bond acceptors (Lipinski definition) is 3. The Bertz CT molecular complexity index is 590. The molecule has 0 aromatic heterocycles. The van der Waals surface area contributed by atoms with Crippen LogP contribution in [0.5, 0.6) is 0 Å². The van der Waals surface area contributed by atoms with Crippen molar-refractivity contribution in [3.63, 3.8) is 0 Å². The lowest BCUT2D eigenvalue weighted by Gasteiger charge is -2.26. The van der Waals surface area contributed by atoms with Gasteiger partial charge in [0.25, 0.3) is 5.91 Å². The van der Waals surface area contributed by atoms with E-state index < -0.39 is 0 Å². The normalized spacial score (nSPS) is 24.5. The van der Waals surface area contributed by atoms with Gasteiger partial charge in [-0.15, -0.1) is 0 Å². The summed E-state index contributed by atoms with van der Waals surface area (Å²) in [5.74, 6) is 0.336. The summed E-state index contributed by atoms with van der Waals surface area (Å²) in [6.45, 7) is 3.47. The van der Waals surface area contributed by atoms with Crippen molar-refractivity contribution in [2.75, 3.05) is 39.9 Å². The van der Waals surface area contributed by atoms with Crippen molar-refractivity contribution in [3.8, 4) is 0 Å².